The smallest absolute Gasteiger partial charge is 0.239 e. The van der Waals surface area contributed by atoms with Crippen molar-refractivity contribution in [1.82, 2.24) is 4.90 Å². The molecule has 0 unspecified atom stereocenters. The Morgan fingerprint density at radius 2 is 2.10 bits per heavy atom. The first-order chi connectivity index (χ1) is 13.7. The first-order valence-corrected chi connectivity index (χ1v) is 10.8. The minimum absolute atomic E-state index is 0.0149. The van der Waals surface area contributed by atoms with Gasteiger partial charge in [0.15, 0.2) is 0 Å². The molecule has 0 aliphatic carbocycles. The number of ether oxygens (including phenoxy) is 3. The first-order valence-electron chi connectivity index (χ1n) is 10.8. The van der Waals surface area contributed by atoms with Crippen molar-refractivity contribution in [3.05, 3.63) is 23.8 Å². The summed E-state index contributed by atoms with van der Waals surface area (Å²) in [5, 5.41) is 0. The molecule has 1 aromatic carbocycles. The molecule has 0 bridgehead atoms. The van der Waals surface area contributed by atoms with E-state index in [2.05, 4.69) is 19.9 Å². The van der Waals surface area contributed by atoms with Gasteiger partial charge in [0.2, 0.25) is 5.91 Å². The number of hydrogen-bond donors (Lipinski definition) is 1. The van der Waals surface area contributed by atoms with Crippen LogP contribution in [0.3, 0.4) is 0 Å². The van der Waals surface area contributed by atoms with Crippen LogP contribution in [0.5, 0.6) is 11.5 Å². The SMILES string of the molecule is COc1ccc2c(c1)OC(C)(C)[C@@H]1C[C@H]3CN(C(=O)[C@H](N)C(C)C)CC[C@H]3O[C@@H]21. The number of likely N-dealkylation sites (tertiary alicyclic amines) is 1. The van der Waals surface area contributed by atoms with Crippen LogP contribution in [0, 0.1) is 17.8 Å². The van der Waals surface area contributed by atoms with Crippen LogP contribution >= 0.6 is 0 Å². The van der Waals surface area contributed by atoms with Crippen molar-refractivity contribution in [2.75, 3.05) is 20.2 Å². The number of benzene rings is 1. The van der Waals surface area contributed by atoms with Crippen molar-refractivity contribution in [3.63, 3.8) is 0 Å². The highest BCUT2D eigenvalue weighted by Crippen LogP contribution is 2.53. The fourth-order valence-electron chi connectivity index (χ4n) is 5.11. The number of amides is 1. The molecule has 0 saturated carbocycles. The van der Waals surface area contributed by atoms with Crippen LogP contribution in [0.4, 0.5) is 0 Å². The van der Waals surface area contributed by atoms with Gasteiger partial charge in [-0.05, 0) is 44.7 Å². The standard InChI is InChI=1S/C23H34N2O4/c1-13(2)20(24)22(26)25-9-8-18-14(12-25)10-17-21(28-18)16-7-6-15(27-5)11-19(16)29-23(17,3)4/h6-7,11,13-14,17-18,20-21H,8-10,12,24H2,1-5H3/t14-,17+,18+,20+,21-/m0/s1. The number of carbonyl (C=O) groups is 1. The Balaban J connectivity index is 1.55. The maximum atomic E-state index is 12.8. The zero-order chi connectivity index (χ0) is 20.9. The molecule has 0 radical (unpaired) electrons. The molecular formula is C23H34N2O4. The number of piperidine rings is 1. The highest BCUT2D eigenvalue weighted by atomic mass is 16.5. The molecule has 6 nitrogen and oxygen atoms in total. The third-order valence-corrected chi connectivity index (χ3v) is 7.02. The summed E-state index contributed by atoms with van der Waals surface area (Å²) in [6.45, 7) is 9.70. The number of fused-ring (bicyclic) bond motifs is 4. The predicted octanol–water partition coefficient (Wildman–Crippen LogP) is 3.14. The van der Waals surface area contributed by atoms with E-state index in [0.29, 0.717) is 12.5 Å². The van der Waals surface area contributed by atoms with Gasteiger partial charge in [0.25, 0.3) is 0 Å². The lowest BCUT2D eigenvalue weighted by molar-refractivity contribution is -0.189. The lowest BCUT2D eigenvalue weighted by Crippen LogP contribution is -2.57. The van der Waals surface area contributed by atoms with Crippen LogP contribution < -0.4 is 15.2 Å². The van der Waals surface area contributed by atoms with Gasteiger partial charge in [-0.25, -0.2) is 0 Å². The largest absolute Gasteiger partial charge is 0.497 e. The number of rotatable bonds is 3. The molecule has 3 aliphatic heterocycles. The second kappa shape index (κ2) is 7.47. The summed E-state index contributed by atoms with van der Waals surface area (Å²) in [6, 6.07) is 5.57. The molecule has 2 fully saturated rings. The van der Waals surface area contributed by atoms with E-state index in [4.69, 9.17) is 19.9 Å². The Morgan fingerprint density at radius 1 is 1.34 bits per heavy atom. The van der Waals surface area contributed by atoms with Crippen LogP contribution in [-0.4, -0.2) is 48.8 Å². The molecule has 3 aliphatic rings. The minimum atomic E-state index is -0.430. The van der Waals surface area contributed by atoms with Gasteiger partial charge in [0.1, 0.15) is 17.1 Å². The summed E-state index contributed by atoms with van der Waals surface area (Å²) in [5.74, 6) is 2.41. The molecule has 5 atom stereocenters. The Morgan fingerprint density at radius 3 is 2.79 bits per heavy atom. The van der Waals surface area contributed by atoms with E-state index >= 15 is 0 Å². The average Bonchev–Trinajstić information content (AvgIpc) is 2.70. The molecule has 2 N–H and O–H groups in total. The molecule has 4 rings (SSSR count). The maximum absolute atomic E-state index is 12.8. The monoisotopic (exact) mass is 402 g/mol. The van der Waals surface area contributed by atoms with Gasteiger partial charge in [0, 0.05) is 36.6 Å². The number of carbonyl (C=O) groups excluding carboxylic acids is 1. The second-order valence-electron chi connectivity index (χ2n) is 9.65. The lowest BCUT2D eigenvalue weighted by atomic mass is 9.70. The van der Waals surface area contributed by atoms with Gasteiger partial charge >= 0.3 is 0 Å². The Bertz CT molecular complexity index is 778. The van der Waals surface area contributed by atoms with E-state index in [1.165, 1.54) is 0 Å². The number of nitrogens with two attached hydrogens (primary N) is 1. The molecule has 3 heterocycles. The van der Waals surface area contributed by atoms with Crippen LogP contribution in [0.1, 0.15) is 52.2 Å². The van der Waals surface area contributed by atoms with Crippen molar-refractivity contribution in [2.24, 2.45) is 23.5 Å². The van der Waals surface area contributed by atoms with E-state index < -0.39 is 6.04 Å². The molecule has 1 aromatic rings. The molecule has 1 amide bonds. The number of hydrogen-bond acceptors (Lipinski definition) is 5. The van der Waals surface area contributed by atoms with E-state index in [1.54, 1.807) is 7.11 Å². The normalized spacial score (nSPS) is 31.2. The summed E-state index contributed by atoms with van der Waals surface area (Å²) in [4.78, 5) is 14.7. The Labute approximate surface area is 173 Å². The third-order valence-electron chi connectivity index (χ3n) is 7.02. The van der Waals surface area contributed by atoms with Crippen molar-refractivity contribution >= 4 is 5.91 Å². The number of nitrogens with zero attached hydrogens (tertiary/aromatic N) is 1. The summed E-state index contributed by atoms with van der Waals surface area (Å²) < 4.78 is 18.4. The van der Waals surface area contributed by atoms with Crippen LogP contribution in [0.2, 0.25) is 0 Å². The van der Waals surface area contributed by atoms with Crippen molar-refractivity contribution < 1.29 is 19.0 Å². The third kappa shape index (κ3) is 3.61. The van der Waals surface area contributed by atoms with Gasteiger partial charge in [0.05, 0.1) is 25.4 Å². The predicted molar refractivity (Wildman–Crippen MR) is 111 cm³/mol. The zero-order valence-corrected chi connectivity index (χ0v) is 18.2. The molecule has 6 heteroatoms. The number of methoxy groups -OCH3 is 1. The van der Waals surface area contributed by atoms with Gasteiger partial charge in [-0.1, -0.05) is 13.8 Å². The van der Waals surface area contributed by atoms with Crippen LogP contribution in [-0.2, 0) is 9.53 Å². The molecule has 29 heavy (non-hydrogen) atoms. The fraction of sp³-hybridized carbons (Fsp3) is 0.696. The molecule has 0 aromatic heterocycles. The maximum Gasteiger partial charge on any atom is 0.239 e. The van der Waals surface area contributed by atoms with Crippen molar-refractivity contribution in [2.45, 2.75) is 64.4 Å². The average molecular weight is 403 g/mol. The van der Waals surface area contributed by atoms with Crippen molar-refractivity contribution in [3.8, 4) is 11.5 Å². The van der Waals surface area contributed by atoms with Crippen LogP contribution in [0.25, 0.3) is 0 Å². The Hall–Kier alpha value is -1.79. The summed E-state index contributed by atoms with van der Waals surface area (Å²) in [6.07, 6.45) is 2.02. The Kier molecular flexibility index (Phi) is 5.28. The molecule has 0 spiro atoms. The van der Waals surface area contributed by atoms with E-state index in [1.807, 2.05) is 30.9 Å². The summed E-state index contributed by atoms with van der Waals surface area (Å²) in [7, 11) is 1.67. The van der Waals surface area contributed by atoms with E-state index in [-0.39, 0.29) is 35.6 Å². The minimum Gasteiger partial charge on any atom is -0.497 e. The molecule has 2 saturated heterocycles. The highest BCUT2D eigenvalue weighted by molar-refractivity contribution is 5.82. The van der Waals surface area contributed by atoms with Gasteiger partial charge in [-0.15, -0.1) is 0 Å². The topological polar surface area (TPSA) is 74.0 Å². The van der Waals surface area contributed by atoms with E-state index in [9.17, 15) is 4.79 Å². The fourth-order valence-corrected chi connectivity index (χ4v) is 5.11. The molecule has 160 valence electrons. The van der Waals surface area contributed by atoms with Gasteiger partial charge < -0.3 is 24.8 Å². The zero-order valence-electron chi connectivity index (χ0n) is 18.2. The molecular weight excluding hydrogens is 368 g/mol. The lowest BCUT2D eigenvalue weighted by Gasteiger charge is -2.53. The van der Waals surface area contributed by atoms with Crippen LogP contribution in [0.15, 0.2) is 18.2 Å². The summed E-state index contributed by atoms with van der Waals surface area (Å²) >= 11 is 0. The quantitative estimate of drug-likeness (QED) is 0.841. The summed E-state index contributed by atoms with van der Waals surface area (Å²) in [5.41, 5.74) is 6.89. The van der Waals surface area contributed by atoms with Gasteiger partial charge in [-0.3, -0.25) is 4.79 Å². The van der Waals surface area contributed by atoms with E-state index in [0.717, 1.165) is 36.4 Å². The first kappa shape index (κ1) is 20.5. The highest BCUT2D eigenvalue weighted by Gasteiger charge is 2.51. The second-order valence-corrected chi connectivity index (χ2v) is 9.65. The van der Waals surface area contributed by atoms with Gasteiger partial charge in [-0.2, -0.15) is 0 Å². The van der Waals surface area contributed by atoms with Crippen molar-refractivity contribution in [1.29, 1.82) is 0 Å².